The van der Waals surface area contributed by atoms with Crippen molar-refractivity contribution < 1.29 is 19.1 Å². The van der Waals surface area contributed by atoms with E-state index in [0.29, 0.717) is 33.2 Å². The fourth-order valence-electron chi connectivity index (χ4n) is 2.93. The van der Waals surface area contributed by atoms with Gasteiger partial charge in [-0.25, -0.2) is 24.5 Å². The molecule has 0 radical (unpaired) electrons. The fraction of sp³-hybridized carbons (Fsp3) is 0.292. The molecule has 0 aliphatic heterocycles. The number of anilines is 2. The van der Waals surface area contributed by atoms with Crippen molar-refractivity contribution >= 4 is 35.3 Å². The van der Waals surface area contributed by atoms with Gasteiger partial charge >= 0.3 is 12.1 Å². The van der Waals surface area contributed by atoms with Crippen molar-refractivity contribution in [1.82, 2.24) is 15.0 Å². The smallest absolute Gasteiger partial charge is 0.421 e. The van der Waals surface area contributed by atoms with E-state index in [-0.39, 0.29) is 12.6 Å². The molecule has 0 saturated heterocycles. The predicted octanol–water partition coefficient (Wildman–Crippen LogP) is 5.75. The molecule has 1 amide bonds. The van der Waals surface area contributed by atoms with Crippen LogP contribution in [-0.4, -0.2) is 39.2 Å². The second kappa shape index (κ2) is 9.95. The van der Waals surface area contributed by atoms with Gasteiger partial charge in [0.2, 0.25) is 5.95 Å². The summed E-state index contributed by atoms with van der Waals surface area (Å²) in [7, 11) is 0. The first kappa shape index (κ1) is 24.1. The Labute approximate surface area is 197 Å². The Hall–Kier alpha value is -3.52. The van der Waals surface area contributed by atoms with E-state index in [4.69, 9.17) is 21.1 Å². The molecule has 0 bridgehead atoms. The Kier molecular flexibility index (Phi) is 7.28. The Bertz CT molecular complexity index is 1180. The number of rotatable bonds is 5. The molecule has 8 nitrogen and oxygen atoms in total. The molecule has 3 aromatic rings. The highest BCUT2D eigenvalue weighted by Crippen LogP contribution is 2.29. The number of nitrogens with zero attached hydrogens (tertiary/aromatic N) is 4. The van der Waals surface area contributed by atoms with Crippen LogP contribution in [-0.2, 0) is 9.47 Å². The average molecular weight is 469 g/mol. The van der Waals surface area contributed by atoms with Crippen LogP contribution >= 0.6 is 11.6 Å². The summed E-state index contributed by atoms with van der Waals surface area (Å²) in [6.07, 6.45) is 2.35. The summed E-state index contributed by atoms with van der Waals surface area (Å²) < 4.78 is 10.7. The minimum Gasteiger partial charge on any atom is -0.462 e. The van der Waals surface area contributed by atoms with Gasteiger partial charge in [0.25, 0.3) is 0 Å². The Morgan fingerprint density at radius 3 is 2.52 bits per heavy atom. The molecular weight excluding hydrogens is 444 g/mol. The lowest BCUT2D eigenvalue weighted by atomic mass is 10.1. The van der Waals surface area contributed by atoms with Gasteiger partial charge in [-0.1, -0.05) is 17.7 Å². The number of benzene rings is 1. The third-order valence-electron chi connectivity index (χ3n) is 4.23. The molecule has 0 N–H and O–H groups in total. The second-order valence-corrected chi connectivity index (χ2v) is 8.61. The maximum absolute atomic E-state index is 13.2. The first-order chi connectivity index (χ1) is 15.6. The van der Waals surface area contributed by atoms with Crippen LogP contribution in [0.25, 0.3) is 11.3 Å². The van der Waals surface area contributed by atoms with Gasteiger partial charge in [-0.15, -0.1) is 0 Å². The first-order valence-corrected chi connectivity index (χ1v) is 10.7. The summed E-state index contributed by atoms with van der Waals surface area (Å²) in [4.78, 5) is 39.7. The van der Waals surface area contributed by atoms with Crippen LogP contribution in [0.4, 0.5) is 16.4 Å². The number of carbonyl (C=O) groups is 2. The highest BCUT2D eigenvalue weighted by Gasteiger charge is 2.28. The number of hydrogen-bond acceptors (Lipinski definition) is 7. The van der Waals surface area contributed by atoms with E-state index >= 15 is 0 Å². The second-order valence-electron chi connectivity index (χ2n) is 8.17. The van der Waals surface area contributed by atoms with Crippen molar-refractivity contribution in [2.45, 2.75) is 40.2 Å². The standard InChI is InChI=1S/C24H25ClN4O4/c1-6-32-21(30)17-11-16(13-26-14-17)20-10-15(2)27-22(28-20)29(23(31)33-24(3,4)5)19-9-7-8-18(25)12-19/h7-14H,6H2,1-5H3. The molecule has 9 heteroatoms. The van der Waals surface area contributed by atoms with E-state index in [9.17, 15) is 9.59 Å². The minimum atomic E-state index is -0.738. The zero-order valence-electron chi connectivity index (χ0n) is 19.1. The predicted molar refractivity (Wildman–Crippen MR) is 126 cm³/mol. The van der Waals surface area contributed by atoms with E-state index in [2.05, 4.69) is 15.0 Å². The van der Waals surface area contributed by atoms with Crippen LogP contribution in [0, 0.1) is 6.92 Å². The van der Waals surface area contributed by atoms with Gasteiger partial charge in [0.15, 0.2) is 0 Å². The normalized spacial score (nSPS) is 11.1. The quantitative estimate of drug-likeness (QED) is 0.440. The van der Waals surface area contributed by atoms with E-state index in [1.54, 1.807) is 77.2 Å². The molecule has 0 aliphatic rings. The molecule has 2 heterocycles. The number of ether oxygens (including phenoxy) is 2. The maximum Gasteiger partial charge on any atom is 0.421 e. The van der Waals surface area contributed by atoms with Crippen LogP contribution in [0.1, 0.15) is 43.7 Å². The van der Waals surface area contributed by atoms with E-state index in [1.165, 1.54) is 11.1 Å². The van der Waals surface area contributed by atoms with Crippen LogP contribution in [0.2, 0.25) is 5.02 Å². The lowest BCUT2D eigenvalue weighted by Crippen LogP contribution is -2.35. The zero-order valence-corrected chi connectivity index (χ0v) is 19.9. The van der Waals surface area contributed by atoms with Gasteiger partial charge in [0.1, 0.15) is 5.60 Å². The van der Waals surface area contributed by atoms with Gasteiger partial charge in [0, 0.05) is 28.7 Å². The lowest BCUT2D eigenvalue weighted by molar-refractivity contribution is 0.0524. The monoisotopic (exact) mass is 468 g/mol. The summed E-state index contributed by atoms with van der Waals surface area (Å²) in [6, 6.07) is 10.1. The lowest BCUT2D eigenvalue weighted by Gasteiger charge is -2.26. The number of halogens is 1. The van der Waals surface area contributed by atoms with E-state index < -0.39 is 17.7 Å². The molecule has 1 aromatic carbocycles. The van der Waals surface area contributed by atoms with Gasteiger partial charge in [-0.2, -0.15) is 0 Å². The molecule has 0 aliphatic carbocycles. The number of aryl methyl sites for hydroxylation is 1. The molecule has 0 saturated carbocycles. The molecule has 3 rings (SSSR count). The highest BCUT2D eigenvalue weighted by atomic mass is 35.5. The highest BCUT2D eigenvalue weighted by molar-refractivity contribution is 6.31. The molecule has 172 valence electrons. The van der Waals surface area contributed by atoms with Crippen LogP contribution in [0.15, 0.2) is 48.8 Å². The number of aromatic nitrogens is 3. The maximum atomic E-state index is 13.2. The summed E-state index contributed by atoms with van der Waals surface area (Å²) in [5, 5.41) is 0.445. The topological polar surface area (TPSA) is 94.5 Å². The summed E-state index contributed by atoms with van der Waals surface area (Å²) in [5.74, 6) is -0.379. The molecule has 0 unspecified atom stereocenters. The third-order valence-corrected chi connectivity index (χ3v) is 4.47. The molecule has 0 spiro atoms. The number of pyridine rings is 1. The first-order valence-electron chi connectivity index (χ1n) is 10.3. The van der Waals surface area contributed by atoms with Crippen LogP contribution in [0.5, 0.6) is 0 Å². The van der Waals surface area contributed by atoms with Gasteiger partial charge in [0.05, 0.1) is 23.6 Å². The van der Waals surface area contributed by atoms with Crippen molar-refractivity contribution in [1.29, 1.82) is 0 Å². The molecule has 2 aromatic heterocycles. The van der Waals surface area contributed by atoms with Gasteiger partial charge in [-0.3, -0.25) is 4.98 Å². The Balaban J connectivity index is 2.10. The average Bonchev–Trinajstić information content (AvgIpc) is 2.72. The minimum absolute atomic E-state index is 0.100. The van der Waals surface area contributed by atoms with Crippen molar-refractivity contribution in [3.05, 3.63) is 65.1 Å². The summed E-state index contributed by atoms with van der Waals surface area (Å²) in [6.45, 7) is 9.09. The van der Waals surface area contributed by atoms with Crippen molar-refractivity contribution in [2.24, 2.45) is 0 Å². The number of carbonyl (C=O) groups excluding carboxylic acids is 2. The van der Waals surface area contributed by atoms with Crippen molar-refractivity contribution in [3.63, 3.8) is 0 Å². The fourth-order valence-corrected chi connectivity index (χ4v) is 3.12. The molecule has 0 fully saturated rings. The Morgan fingerprint density at radius 1 is 1.09 bits per heavy atom. The third kappa shape index (κ3) is 6.26. The van der Waals surface area contributed by atoms with Gasteiger partial charge in [-0.05, 0) is 65.0 Å². The van der Waals surface area contributed by atoms with Crippen molar-refractivity contribution in [3.8, 4) is 11.3 Å². The molecule has 0 atom stereocenters. The molecule has 33 heavy (non-hydrogen) atoms. The van der Waals surface area contributed by atoms with E-state index in [1.807, 2.05) is 0 Å². The summed E-state index contributed by atoms with van der Waals surface area (Å²) in [5.41, 5.74) is 1.66. The molecular formula is C24H25ClN4O4. The van der Waals surface area contributed by atoms with Gasteiger partial charge < -0.3 is 9.47 Å². The largest absolute Gasteiger partial charge is 0.462 e. The zero-order chi connectivity index (χ0) is 24.2. The van der Waals surface area contributed by atoms with Crippen molar-refractivity contribution in [2.75, 3.05) is 11.5 Å². The Morgan fingerprint density at radius 2 is 1.85 bits per heavy atom. The van der Waals surface area contributed by atoms with Crippen LogP contribution < -0.4 is 4.90 Å². The number of hydrogen-bond donors (Lipinski definition) is 0. The van der Waals surface area contributed by atoms with Crippen LogP contribution in [0.3, 0.4) is 0 Å². The number of esters is 1. The SMILES string of the molecule is CCOC(=O)c1cncc(-c2cc(C)nc(N(C(=O)OC(C)(C)C)c3cccc(Cl)c3)n2)c1. The number of amides is 1. The van der Waals surface area contributed by atoms with E-state index in [0.717, 1.165) is 0 Å². The summed E-state index contributed by atoms with van der Waals surface area (Å²) >= 11 is 6.17.